The van der Waals surface area contributed by atoms with Gasteiger partial charge in [0.25, 0.3) is 0 Å². The third kappa shape index (κ3) is 3.12. The molecule has 3 rings (SSSR count). The van der Waals surface area contributed by atoms with Gasteiger partial charge in [0, 0.05) is 12.6 Å². The maximum atomic E-state index is 13.5. The van der Waals surface area contributed by atoms with Gasteiger partial charge >= 0.3 is 0 Å². The van der Waals surface area contributed by atoms with Crippen LogP contribution in [0, 0.1) is 5.82 Å². The molecule has 1 heterocycles. The van der Waals surface area contributed by atoms with Gasteiger partial charge in [-0.2, -0.15) is 5.10 Å². The van der Waals surface area contributed by atoms with Gasteiger partial charge in [0.15, 0.2) is 0 Å². The van der Waals surface area contributed by atoms with Crippen molar-refractivity contribution in [2.75, 3.05) is 13.6 Å². The quantitative estimate of drug-likeness (QED) is 0.908. The Morgan fingerprint density at radius 1 is 1.17 bits per heavy atom. The normalized spacial score (nSPS) is 20.7. The summed E-state index contributed by atoms with van der Waals surface area (Å²) in [6.45, 7) is 0.637. The summed E-state index contributed by atoms with van der Waals surface area (Å²) in [6.07, 6.45) is 1.79. The Hall–Kier alpha value is -1.85. The molecule has 0 radical (unpaired) electrons. The topological polar surface area (TPSA) is 41.6 Å². The minimum atomic E-state index is -0.289. The van der Waals surface area contributed by atoms with E-state index < -0.39 is 0 Å². The lowest BCUT2D eigenvalue weighted by molar-refractivity contribution is 0.214. The molecule has 0 aliphatic carbocycles. The number of benzene rings is 2. The predicted octanol–water partition coefficient (Wildman–Crippen LogP) is 3.76. The third-order valence-corrected chi connectivity index (χ3v) is 5.60. The molecule has 0 saturated heterocycles. The average molecular weight is 329 g/mol. The maximum absolute atomic E-state index is 13.5. The average Bonchev–Trinajstić information content (AvgIpc) is 2.92. The number of hydrazone groups is 1. The number of nitrogens with two attached hydrogens (primary N) is 1. The van der Waals surface area contributed by atoms with Crippen molar-refractivity contribution in [2.24, 2.45) is 10.8 Å². The van der Waals surface area contributed by atoms with E-state index in [0.717, 1.165) is 23.4 Å². The Kier molecular flexibility index (Phi) is 4.68. The van der Waals surface area contributed by atoms with Gasteiger partial charge in [-0.1, -0.05) is 54.2 Å². The standard InChI is InChI=1S/C18H20FN3S/c1-22-18(11-6-12-20,15-8-3-2-4-9-15)23-17(21-22)14-7-5-10-16(19)13-14/h2-5,7-10,13H,6,11-12,20H2,1H3. The second-order valence-corrected chi connectivity index (χ2v) is 6.85. The van der Waals surface area contributed by atoms with E-state index in [2.05, 4.69) is 17.2 Å². The van der Waals surface area contributed by atoms with Gasteiger partial charge < -0.3 is 5.73 Å². The van der Waals surface area contributed by atoms with E-state index in [0.29, 0.717) is 6.54 Å². The SMILES string of the molecule is CN1N=C(c2cccc(F)c2)SC1(CCCN)c1ccccc1. The molecular weight excluding hydrogens is 309 g/mol. The second kappa shape index (κ2) is 6.72. The molecule has 1 aliphatic rings. The molecule has 23 heavy (non-hydrogen) atoms. The van der Waals surface area contributed by atoms with Crippen molar-refractivity contribution in [1.29, 1.82) is 0 Å². The number of halogens is 1. The highest BCUT2D eigenvalue weighted by Gasteiger charge is 2.43. The summed E-state index contributed by atoms with van der Waals surface area (Å²) in [4.78, 5) is -0.289. The van der Waals surface area contributed by atoms with Gasteiger partial charge in [-0.15, -0.1) is 0 Å². The Bertz CT molecular complexity index is 704. The minimum Gasteiger partial charge on any atom is -0.330 e. The Labute approximate surface area is 140 Å². The van der Waals surface area contributed by atoms with Crippen molar-refractivity contribution in [3.63, 3.8) is 0 Å². The van der Waals surface area contributed by atoms with Crippen molar-refractivity contribution >= 4 is 16.8 Å². The van der Waals surface area contributed by atoms with Crippen LogP contribution < -0.4 is 5.73 Å². The predicted molar refractivity (Wildman–Crippen MR) is 94.7 cm³/mol. The Morgan fingerprint density at radius 3 is 2.65 bits per heavy atom. The fourth-order valence-electron chi connectivity index (χ4n) is 2.84. The molecular formula is C18H20FN3S. The fourth-order valence-corrected chi connectivity index (χ4v) is 4.25. The van der Waals surface area contributed by atoms with Crippen LogP contribution in [0.1, 0.15) is 24.0 Å². The molecule has 1 unspecified atom stereocenters. The highest BCUT2D eigenvalue weighted by atomic mass is 32.2. The molecule has 0 saturated carbocycles. The minimum absolute atomic E-state index is 0.243. The monoisotopic (exact) mass is 329 g/mol. The van der Waals surface area contributed by atoms with Crippen LogP contribution in [0.5, 0.6) is 0 Å². The molecule has 2 aromatic rings. The number of hydrogen-bond donors (Lipinski definition) is 1. The smallest absolute Gasteiger partial charge is 0.134 e. The zero-order valence-electron chi connectivity index (χ0n) is 13.1. The molecule has 0 fully saturated rings. The van der Waals surface area contributed by atoms with E-state index in [1.54, 1.807) is 17.8 Å². The molecule has 1 aliphatic heterocycles. The van der Waals surface area contributed by atoms with Crippen LogP contribution in [0.15, 0.2) is 59.7 Å². The van der Waals surface area contributed by atoms with Gasteiger partial charge in [0.1, 0.15) is 15.7 Å². The van der Waals surface area contributed by atoms with Crippen LogP contribution in [-0.2, 0) is 4.87 Å². The van der Waals surface area contributed by atoms with Crippen LogP contribution >= 0.6 is 11.8 Å². The Morgan fingerprint density at radius 2 is 1.96 bits per heavy atom. The molecule has 0 spiro atoms. The summed E-state index contributed by atoms with van der Waals surface area (Å²) in [5.41, 5.74) is 7.74. The van der Waals surface area contributed by atoms with Gasteiger partial charge in [-0.3, -0.25) is 5.01 Å². The highest BCUT2D eigenvalue weighted by Crippen LogP contribution is 2.49. The summed E-state index contributed by atoms with van der Waals surface area (Å²) in [7, 11) is 1.98. The van der Waals surface area contributed by atoms with Gasteiger partial charge in [0.05, 0.1) is 0 Å². The van der Waals surface area contributed by atoms with E-state index in [1.807, 2.05) is 36.3 Å². The van der Waals surface area contributed by atoms with E-state index in [1.165, 1.54) is 17.7 Å². The number of nitrogens with zero attached hydrogens (tertiary/aromatic N) is 2. The Balaban J connectivity index is 1.96. The van der Waals surface area contributed by atoms with Crippen molar-refractivity contribution in [3.8, 4) is 0 Å². The summed E-state index contributed by atoms with van der Waals surface area (Å²) < 4.78 is 13.5. The first-order valence-corrected chi connectivity index (χ1v) is 8.50. The summed E-state index contributed by atoms with van der Waals surface area (Å²) >= 11 is 1.67. The van der Waals surface area contributed by atoms with E-state index in [4.69, 9.17) is 5.73 Å². The zero-order valence-corrected chi connectivity index (χ0v) is 13.9. The first kappa shape index (κ1) is 16.0. The largest absolute Gasteiger partial charge is 0.330 e. The van der Waals surface area contributed by atoms with Gasteiger partial charge in [0.2, 0.25) is 0 Å². The first-order chi connectivity index (χ1) is 11.2. The molecule has 120 valence electrons. The van der Waals surface area contributed by atoms with Gasteiger partial charge in [-0.25, -0.2) is 4.39 Å². The van der Waals surface area contributed by atoms with Crippen LogP contribution in [0.4, 0.5) is 4.39 Å². The second-order valence-electron chi connectivity index (χ2n) is 5.58. The lowest BCUT2D eigenvalue weighted by Crippen LogP contribution is -2.35. The number of thioether (sulfide) groups is 1. The number of rotatable bonds is 5. The van der Waals surface area contributed by atoms with Crippen LogP contribution in [0.3, 0.4) is 0 Å². The highest BCUT2D eigenvalue weighted by molar-refractivity contribution is 8.15. The molecule has 0 amide bonds. The molecule has 1 atom stereocenters. The van der Waals surface area contributed by atoms with Crippen molar-refractivity contribution in [2.45, 2.75) is 17.7 Å². The maximum Gasteiger partial charge on any atom is 0.134 e. The summed E-state index contributed by atoms with van der Waals surface area (Å²) in [5, 5.41) is 7.52. The molecule has 5 heteroatoms. The lowest BCUT2D eigenvalue weighted by atomic mass is 10.0. The molecule has 2 N–H and O–H groups in total. The van der Waals surface area contributed by atoms with E-state index >= 15 is 0 Å². The van der Waals surface area contributed by atoms with Crippen molar-refractivity contribution < 1.29 is 4.39 Å². The van der Waals surface area contributed by atoms with Crippen molar-refractivity contribution in [3.05, 3.63) is 71.5 Å². The van der Waals surface area contributed by atoms with E-state index in [-0.39, 0.29) is 10.7 Å². The molecule has 0 bridgehead atoms. The van der Waals surface area contributed by atoms with Crippen LogP contribution in [-0.4, -0.2) is 23.6 Å². The molecule has 2 aromatic carbocycles. The third-order valence-electron chi connectivity index (χ3n) is 4.05. The summed E-state index contributed by atoms with van der Waals surface area (Å²) in [5.74, 6) is -0.243. The van der Waals surface area contributed by atoms with Crippen molar-refractivity contribution in [1.82, 2.24) is 5.01 Å². The lowest BCUT2D eigenvalue weighted by Gasteiger charge is -2.35. The zero-order chi connectivity index (χ0) is 16.3. The first-order valence-electron chi connectivity index (χ1n) is 7.69. The summed E-state index contributed by atoms with van der Waals surface area (Å²) in [6, 6.07) is 16.9. The fraction of sp³-hybridized carbons (Fsp3) is 0.278. The van der Waals surface area contributed by atoms with Gasteiger partial charge in [-0.05, 0) is 37.1 Å². The van der Waals surface area contributed by atoms with E-state index in [9.17, 15) is 4.39 Å². The van der Waals surface area contributed by atoms with Crippen LogP contribution in [0.2, 0.25) is 0 Å². The number of hydrogen-bond acceptors (Lipinski definition) is 4. The van der Waals surface area contributed by atoms with Crippen LogP contribution in [0.25, 0.3) is 0 Å². The molecule has 3 nitrogen and oxygen atoms in total. The molecule has 0 aromatic heterocycles.